The molecule has 0 aliphatic carbocycles. The Labute approximate surface area is 128 Å². The minimum atomic E-state index is -0.0691. The summed E-state index contributed by atoms with van der Waals surface area (Å²) < 4.78 is 1.69. The first-order valence-electron chi connectivity index (χ1n) is 7.03. The standard InChI is InChI=1S/C17H16N4O/c1-13-2-6-15(7-3-13)17(22)18-12-14-4-8-16(9-5-14)21-11-10-19-20-21/h2-11H,12H2,1H3,(H,18,22). The van der Waals surface area contributed by atoms with E-state index >= 15 is 0 Å². The lowest BCUT2D eigenvalue weighted by Crippen LogP contribution is -2.22. The quantitative estimate of drug-likeness (QED) is 0.803. The highest BCUT2D eigenvalue weighted by Gasteiger charge is 2.05. The smallest absolute Gasteiger partial charge is 0.251 e. The Morgan fingerprint density at radius 2 is 1.82 bits per heavy atom. The predicted molar refractivity (Wildman–Crippen MR) is 83.7 cm³/mol. The molecule has 1 heterocycles. The molecular weight excluding hydrogens is 276 g/mol. The summed E-state index contributed by atoms with van der Waals surface area (Å²) in [5.41, 5.74) is 3.78. The van der Waals surface area contributed by atoms with E-state index in [0.29, 0.717) is 12.1 Å². The molecule has 0 aliphatic heterocycles. The zero-order chi connectivity index (χ0) is 15.4. The number of hydrogen-bond acceptors (Lipinski definition) is 3. The number of nitrogens with zero attached hydrogens (tertiary/aromatic N) is 3. The van der Waals surface area contributed by atoms with Crippen molar-refractivity contribution in [1.82, 2.24) is 20.3 Å². The molecule has 0 spiro atoms. The van der Waals surface area contributed by atoms with Crippen molar-refractivity contribution in [2.45, 2.75) is 13.5 Å². The summed E-state index contributed by atoms with van der Waals surface area (Å²) in [6, 6.07) is 15.4. The fourth-order valence-corrected chi connectivity index (χ4v) is 2.10. The summed E-state index contributed by atoms with van der Waals surface area (Å²) in [6.07, 6.45) is 3.42. The van der Waals surface area contributed by atoms with Crippen molar-refractivity contribution >= 4 is 5.91 Å². The van der Waals surface area contributed by atoms with Crippen LogP contribution < -0.4 is 5.32 Å². The highest BCUT2D eigenvalue weighted by molar-refractivity contribution is 5.94. The average molecular weight is 292 g/mol. The molecular formula is C17H16N4O. The van der Waals surface area contributed by atoms with Crippen LogP contribution in [0.1, 0.15) is 21.5 Å². The molecule has 2 aromatic carbocycles. The van der Waals surface area contributed by atoms with Crippen LogP contribution in [0.5, 0.6) is 0 Å². The number of hydrogen-bond donors (Lipinski definition) is 1. The van der Waals surface area contributed by atoms with E-state index in [-0.39, 0.29) is 5.91 Å². The second kappa shape index (κ2) is 6.22. The summed E-state index contributed by atoms with van der Waals surface area (Å²) in [5.74, 6) is -0.0691. The first-order valence-corrected chi connectivity index (χ1v) is 7.03. The lowest BCUT2D eigenvalue weighted by atomic mass is 10.1. The minimum absolute atomic E-state index is 0.0691. The van der Waals surface area contributed by atoms with Gasteiger partial charge < -0.3 is 5.32 Å². The molecule has 3 aromatic rings. The summed E-state index contributed by atoms with van der Waals surface area (Å²) in [5, 5.41) is 10.6. The molecule has 110 valence electrons. The van der Waals surface area contributed by atoms with Gasteiger partial charge in [-0.05, 0) is 36.8 Å². The molecule has 0 unspecified atom stereocenters. The van der Waals surface area contributed by atoms with Crippen LogP contribution in [-0.4, -0.2) is 20.9 Å². The molecule has 22 heavy (non-hydrogen) atoms. The van der Waals surface area contributed by atoms with Gasteiger partial charge in [0.25, 0.3) is 5.91 Å². The maximum atomic E-state index is 12.0. The molecule has 1 N–H and O–H groups in total. The second-order valence-corrected chi connectivity index (χ2v) is 5.06. The lowest BCUT2D eigenvalue weighted by Gasteiger charge is -2.07. The molecule has 0 saturated heterocycles. The Kier molecular flexibility index (Phi) is 3.96. The maximum absolute atomic E-state index is 12.0. The fourth-order valence-electron chi connectivity index (χ4n) is 2.10. The first kappa shape index (κ1) is 14.0. The Bertz CT molecular complexity index is 746. The van der Waals surface area contributed by atoms with Crippen molar-refractivity contribution in [3.05, 3.63) is 77.6 Å². The van der Waals surface area contributed by atoms with Crippen LogP contribution in [0.4, 0.5) is 0 Å². The van der Waals surface area contributed by atoms with Gasteiger partial charge >= 0.3 is 0 Å². The molecule has 0 aliphatic rings. The summed E-state index contributed by atoms with van der Waals surface area (Å²) >= 11 is 0. The number of nitrogens with one attached hydrogen (secondary N) is 1. The maximum Gasteiger partial charge on any atom is 0.251 e. The van der Waals surface area contributed by atoms with Crippen molar-refractivity contribution in [1.29, 1.82) is 0 Å². The Morgan fingerprint density at radius 3 is 2.45 bits per heavy atom. The van der Waals surface area contributed by atoms with Crippen molar-refractivity contribution in [2.75, 3.05) is 0 Å². The molecule has 0 saturated carbocycles. The number of carbonyl (C=O) groups is 1. The van der Waals surface area contributed by atoms with Crippen LogP contribution >= 0.6 is 0 Å². The summed E-state index contributed by atoms with van der Waals surface area (Å²) in [7, 11) is 0. The van der Waals surface area contributed by atoms with E-state index < -0.39 is 0 Å². The molecule has 5 nitrogen and oxygen atoms in total. The minimum Gasteiger partial charge on any atom is -0.348 e. The lowest BCUT2D eigenvalue weighted by molar-refractivity contribution is 0.0951. The second-order valence-electron chi connectivity index (χ2n) is 5.06. The third kappa shape index (κ3) is 3.20. The highest BCUT2D eigenvalue weighted by Crippen LogP contribution is 2.08. The number of benzene rings is 2. The SMILES string of the molecule is Cc1ccc(C(=O)NCc2ccc(-n3ccnn3)cc2)cc1. The van der Waals surface area contributed by atoms with Crippen LogP contribution in [0.15, 0.2) is 60.9 Å². The molecule has 0 bridgehead atoms. The van der Waals surface area contributed by atoms with Crippen molar-refractivity contribution in [2.24, 2.45) is 0 Å². The van der Waals surface area contributed by atoms with Gasteiger partial charge in [0.1, 0.15) is 0 Å². The van der Waals surface area contributed by atoms with Crippen LogP contribution in [0.2, 0.25) is 0 Å². The zero-order valence-corrected chi connectivity index (χ0v) is 12.2. The monoisotopic (exact) mass is 292 g/mol. The number of aromatic nitrogens is 3. The van der Waals surface area contributed by atoms with E-state index in [1.165, 1.54) is 0 Å². The number of aryl methyl sites for hydroxylation is 1. The van der Waals surface area contributed by atoms with Gasteiger partial charge in [-0.25, -0.2) is 4.68 Å². The molecule has 0 atom stereocenters. The van der Waals surface area contributed by atoms with Crippen LogP contribution in [0.3, 0.4) is 0 Å². The van der Waals surface area contributed by atoms with Crippen molar-refractivity contribution in [3.63, 3.8) is 0 Å². The van der Waals surface area contributed by atoms with Gasteiger partial charge in [0.2, 0.25) is 0 Å². The Balaban J connectivity index is 1.61. The Hall–Kier alpha value is -2.95. The largest absolute Gasteiger partial charge is 0.348 e. The molecule has 3 rings (SSSR count). The van der Waals surface area contributed by atoms with E-state index in [1.807, 2.05) is 55.5 Å². The average Bonchev–Trinajstić information content (AvgIpc) is 3.08. The first-order chi connectivity index (χ1) is 10.7. The van der Waals surface area contributed by atoms with Gasteiger partial charge in [-0.1, -0.05) is 35.0 Å². The molecule has 0 radical (unpaired) electrons. The summed E-state index contributed by atoms with van der Waals surface area (Å²) in [4.78, 5) is 12.0. The van der Waals surface area contributed by atoms with Gasteiger partial charge in [-0.2, -0.15) is 0 Å². The third-order valence-electron chi connectivity index (χ3n) is 3.39. The fraction of sp³-hybridized carbons (Fsp3) is 0.118. The number of amides is 1. The molecule has 5 heteroatoms. The van der Waals surface area contributed by atoms with Crippen LogP contribution in [0, 0.1) is 6.92 Å². The van der Waals surface area contributed by atoms with Gasteiger partial charge in [0.15, 0.2) is 0 Å². The van der Waals surface area contributed by atoms with E-state index in [4.69, 9.17) is 0 Å². The Morgan fingerprint density at radius 1 is 1.09 bits per heavy atom. The van der Waals surface area contributed by atoms with E-state index in [2.05, 4.69) is 15.6 Å². The van der Waals surface area contributed by atoms with Gasteiger partial charge in [-0.3, -0.25) is 4.79 Å². The molecule has 0 fully saturated rings. The van der Waals surface area contributed by atoms with Gasteiger partial charge in [0.05, 0.1) is 18.1 Å². The van der Waals surface area contributed by atoms with Crippen LogP contribution in [-0.2, 0) is 6.54 Å². The van der Waals surface area contributed by atoms with Crippen LogP contribution in [0.25, 0.3) is 5.69 Å². The topological polar surface area (TPSA) is 59.8 Å². The normalized spacial score (nSPS) is 10.4. The summed E-state index contributed by atoms with van der Waals surface area (Å²) in [6.45, 7) is 2.49. The van der Waals surface area contributed by atoms with E-state index in [1.54, 1.807) is 17.1 Å². The third-order valence-corrected chi connectivity index (χ3v) is 3.39. The predicted octanol–water partition coefficient (Wildman–Crippen LogP) is 2.51. The number of rotatable bonds is 4. The van der Waals surface area contributed by atoms with Crippen molar-refractivity contribution in [3.8, 4) is 5.69 Å². The highest BCUT2D eigenvalue weighted by atomic mass is 16.1. The van der Waals surface area contributed by atoms with Crippen molar-refractivity contribution < 1.29 is 4.79 Å². The zero-order valence-electron chi connectivity index (χ0n) is 12.2. The molecule has 1 amide bonds. The van der Waals surface area contributed by atoms with E-state index in [0.717, 1.165) is 16.8 Å². The van der Waals surface area contributed by atoms with Gasteiger partial charge in [-0.15, -0.1) is 5.10 Å². The molecule has 1 aromatic heterocycles. The number of carbonyl (C=O) groups excluding carboxylic acids is 1. The van der Waals surface area contributed by atoms with Gasteiger partial charge in [0, 0.05) is 12.1 Å². The van der Waals surface area contributed by atoms with E-state index in [9.17, 15) is 4.79 Å².